The van der Waals surface area contributed by atoms with Gasteiger partial charge < -0.3 is 25.0 Å². The van der Waals surface area contributed by atoms with Gasteiger partial charge in [-0.2, -0.15) is 0 Å². The molecule has 38 heavy (non-hydrogen) atoms. The second-order valence-corrected chi connectivity index (χ2v) is 10.8. The number of carbonyl (C=O) groups is 2. The minimum atomic E-state index is -0.846. The molecule has 1 heterocycles. The van der Waals surface area contributed by atoms with Gasteiger partial charge in [0, 0.05) is 29.1 Å². The molecule has 3 N–H and O–H groups in total. The lowest BCUT2D eigenvalue weighted by molar-refractivity contribution is -0.132. The highest BCUT2D eigenvalue weighted by Crippen LogP contribution is 2.47. The fraction of sp³-hybridized carbons (Fsp3) is 0.393. The second kappa shape index (κ2) is 10.4. The van der Waals surface area contributed by atoms with Crippen LogP contribution in [0.25, 0.3) is 0 Å². The van der Waals surface area contributed by atoms with Crippen molar-refractivity contribution in [3.8, 4) is 5.75 Å². The van der Waals surface area contributed by atoms with Gasteiger partial charge in [-0.25, -0.2) is 4.39 Å². The van der Waals surface area contributed by atoms with Crippen LogP contribution < -0.4 is 15.4 Å². The zero-order valence-electron chi connectivity index (χ0n) is 20.9. The van der Waals surface area contributed by atoms with Crippen LogP contribution in [0.3, 0.4) is 0 Å². The molecule has 1 aromatic heterocycles. The smallest absolute Gasteiger partial charge is 0.290 e. The molecule has 200 valence electrons. The van der Waals surface area contributed by atoms with Gasteiger partial charge in [-0.05, 0) is 68.4 Å². The van der Waals surface area contributed by atoms with E-state index in [0.29, 0.717) is 54.8 Å². The Morgan fingerprint density at radius 3 is 2.55 bits per heavy atom. The third-order valence-corrected chi connectivity index (χ3v) is 7.93. The van der Waals surface area contributed by atoms with Gasteiger partial charge in [-0.3, -0.25) is 9.59 Å². The summed E-state index contributed by atoms with van der Waals surface area (Å²) in [4.78, 5) is 25.6. The summed E-state index contributed by atoms with van der Waals surface area (Å²) in [7, 11) is 0. The first-order chi connectivity index (χ1) is 18.2. The molecule has 3 aliphatic rings. The highest BCUT2D eigenvalue weighted by Gasteiger charge is 2.55. The van der Waals surface area contributed by atoms with Gasteiger partial charge in [0.15, 0.2) is 6.61 Å². The maximum atomic E-state index is 13.7. The summed E-state index contributed by atoms with van der Waals surface area (Å²) >= 11 is 5.93. The molecule has 6 rings (SSSR count). The number of hydrogen-bond donors (Lipinski definition) is 3. The maximum Gasteiger partial charge on any atom is 0.290 e. The van der Waals surface area contributed by atoms with E-state index in [2.05, 4.69) is 15.8 Å². The van der Waals surface area contributed by atoms with E-state index < -0.39 is 28.9 Å². The summed E-state index contributed by atoms with van der Waals surface area (Å²) in [5.74, 6) is -0.808. The van der Waals surface area contributed by atoms with E-state index in [0.717, 1.165) is 5.56 Å². The quantitative estimate of drug-likeness (QED) is 0.395. The van der Waals surface area contributed by atoms with Gasteiger partial charge in [0.1, 0.15) is 11.6 Å². The number of benzene rings is 2. The number of nitrogens with one attached hydrogen (secondary N) is 2. The van der Waals surface area contributed by atoms with E-state index in [9.17, 15) is 19.1 Å². The highest BCUT2D eigenvalue weighted by molar-refractivity contribution is 6.30. The van der Waals surface area contributed by atoms with Crippen LogP contribution >= 0.6 is 11.6 Å². The van der Waals surface area contributed by atoms with Gasteiger partial charge in [0.25, 0.3) is 11.8 Å². The Morgan fingerprint density at radius 2 is 1.87 bits per heavy atom. The zero-order valence-corrected chi connectivity index (χ0v) is 21.7. The van der Waals surface area contributed by atoms with Crippen LogP contribution in [0.5, 0.6) is 5.75 Å². The van der Waals surface area contributed by atoms with Crippen LogP contribution in [0.4, 0.5) is 4.39 Å². The fourth-order valence-corrected chi connectivity index (χ4v) is 5.53. The van der Waals surface area contributed by atoms with Crippen LogP contribution in [-0.4, -0.2) is 45.9 Å². The van der Waals surface area contributed by atoms with Gasteiger partial charge in [0.2, 0.25) is 5.76 Å². The van der Waals surface area contributed by atoms with Crippen molar-refractivity contribution in [1.29, 1.82) is 0 Å². The molecule has 3 fully saturated rings. The van der Waals surface area contributed by atoms with Gasteiger partial charge in [0.05, 0.1) is 17.3 Å². The van der Waals surface area contributed by atoms with Crippen molar-refractivity contribution in [3.05, 3.63) is 82.0 Å². The molecule has 3 saturated carbocycles. The molecule has 1 atom stereocenters. The Bertz CT molecular complexity index is 1330. The third-order valence-electron chi connectivity index (χ3n) is 7.68. The molecule has 0 spiro atoms. The Morgan fingerprint density at radius 1 is 1.13 bits per heavy atom. The first-order valence-electron chi connectivity index (χ1n) is 12.6. The molecule has 10 heteroatoms. The topological polar surface area (TPSA) is 114 Å². The van der Waals surface area contributed by atoms with Gasteiger partial charge in [-0.15, -0.1) is 0 Å². The summed E-state index contributed by atoms with van der Waals surface area (Å²) in [5, 5.41) is 21.6. The Kier molecular flexibility index (Phi) is 7.15. The van der Waals surface area contributed by atoms with Crippen LogP contribution in [0.15, 0.2) is 53.1 Å². The van der Waals surface area contributed by atoms with E-state index >= 15 is 0 Å². The summed E-state index contributed by atoms with van der Waals surface area (Å²) in [6.07, 6.45) is 2.13. The number of halogens is 2. The molecule has 8 nitrogen and oxygen atoms in total. The number of ether oxygens (including phenoxy) is 1. The maximum absolute atomic E-state index is 13.7. The molecule has 2 bridgehead atoms. The lowest BCUT2D eigenvalue weighted by Gasteiger charge is -2.56. The van der Waals surface area contributed by atoms with Crippen molar-refractivity contribution in [2.45, 2.75) is 62.6 Å². The minimum absolute atomic E-state index is 0.109. The summed E-state index contributed by atoms with van der Waals surface area (Å²) in [6.45, 7) is 1.36. The lowest BCUT2D eigenvalue weighted by atomic mass is 9.60. The number of amides is 2. The number of aliphatic hydroxyl groups excluding tert-OH is 1. The van der Waals surface area contributed by atoms with E-state index in [-0.39, 0.29) is 24.0 Å². The van der Waals surface area contributed by atoms with Crippen molar-refractivity contribution >= 4 is 23.4 Å². The van der Waals surface area contributed by atoms with Crippen LogP contribution in [-0.2, 0) is 11.2 Å². The Balaban J connectivity index is 1.15. The first kappa shape index (κ1) is 26.2. The van der Waals surface area contributed by atoms with Crippen LogP contribution in [0.2, 0.25) is 5.02 Å². The fourth-order valence-electron chi connectivity index (χ4n) is 5.40. The average Bonchev–Trinajstić information content (AvgIpc) is 3.36. The number of rotatable bonds is 8. The summed E-state index contributed by atoms with van der Waals surface area (Å²) < 4.78 is 24.5. The Hall–Kier alpha value is -3.43. The van der Waals surface area contributed by atoms with E-state index in [4.69, 9.17) is 20.9 Å². The standard InChI is InChI=1S/C28H29ClFN3O5/c1-17-2-7-21(14-22(17)30)37-16-25(35)31-28-10-8-27(9-11-28,15-24(28)34)32-26(36)23-13-20(33-38-23)12-18-3-5-19(29)6-4-18/h2-7,13-14,24,34H,8-12,15-16H2,1H3,(H,31,35)(H,32,36). The molecule has 0 radical (unpaired) electrons. The number of aliphatic hydroxyl groups is 1. The van der Waals surface area contributed by atoms with Gasteiger partial charge >= 0.3 is 0 Å². The molecule has 0 aliphatic heterocycles. The molecular formula is C28H29ClFN3O5. The van der Waals surface area contributed by atoms with E-state index in [1.165, 1.54) is 6.07 Å². The van der Waals surface area contributed by atoms with E-state index in [1.54, 1.807) is 37.3 Å². The van der Waals surface area contributed by atoms with Crippen molar-refractivity contribution < 1.29 is 28.3 Å². The molecule has 0 saturated heterocycles. The number of fused-ring (bicyclic) bond motifs is 3. The number of aromatic nitrogens is 1. The lowest BCUT2D eigenvalue weighted by Crippen LogP contribution is -2.70. The average molecular weight is 542 g/mol. The van der Waals surface area contributed by atoms with E-state index in [1.807, 2.05) is 12.1 Å². The SMILES string of the molecule is Cc1ccc(OCC(=O)NC23CCC(NC(=O)c4cc(Cc5ccc(Cl)cc5)no4)(CC2)CC3O)cc1F. The third kappa shape index (κ3) is 5.54. The number of aryl methyl sites for hydroxylation is 1. The Labute approximate surface area is 224 Å². The molecular weight excluding hydrogens is 513 g/mol. The van der Waals surface area contributed by atoms with Crippen molar-refractivity contribution in [3.63, 3.8) is 0 Å². The molecule has 2 aromatic carbocycles. The monoisotopic (exact) mass is 541 g/mol. The largest absolute Gasteiger partial charge is 0.484 e. The minimum Gasteiger partial charge on any atom is -0.484 e. The predicted molar refractivity (Wildman–Crippen MR) is 138 cm³/mol. The van der Waals surface area contributed by atoms with Crippen molar-refractivity contribution in [2.75, 3.05) is 6.61 Å². The molecule has 2 amide bonds. The zero-order chi connectivity index (χ0) is 26.9. The van der Waals surface area contributed by atoms with Gasteiger partial charge in [-0.1, -0.05) is 35.0 Å². The highest BCUT2D eigenvalue weighted by atomic mass is 35.5. The first-order valence-corrected chi connectivity index (χ1v) is 12.9. The normalized spacial score (nSPS) is 24.2. The van der Waals surface area contributed by atoms with Crippen molar-refractivity contribution in [1.82, 2.24) is 15.8 Å². The number of hydrogen-bond acceptors (Lipinski definition) is 6. The van der Waals surface area contributed by atoms with Crippen molar-refractivity contribution in [2.24, 2.45) is 0 Å². The predicted octanol–water partition coefficient (Wildman–Crippen LogP) is 4.11. The van der Waals surface area contributed by atoms with Crippen LogP contribution in [0, 0.1) is 12.7 Å². The second-order valence-electron chi connectivity index (χ2n) is 10.3. The summed E-state index contributed by atoms with van der Waals surface area (Å²) in [5.41, 5.74) is 0.724. The number of nitrogens with zero attached hydrogens (tertiary/aromatic N) is 1. The molecule has 1 unspecified atom stereocenters. The van der Waals surface area contributed by atoms with Crippen LogP contribution in [0.1, 0.15) is 59.5 Å². The molecule has 3 aromatic rings. The molecule has 3 aliphatic carbocycles. The summed E-state index contributed by atoms with van der Waals surface area (Å²) in [6, 6.07) is 13.4. The number of carbonyl (C=O) groups excluding carboxylic acids is 2.